The van der Waals surface area contributed by atoms with E-state index in [1.165, 1.54) is 12.5 Å². The highest BCUT2D eigenvalue weighted by molar-refractivity contribution is 5.25. The van der Waals surface area contributed by atoms with Crippen LogP contribution < -0.4 is 0 Å². The van der Waals surface area contributed by atoms with Crippen molar-refractivity contribution in [2.75, 3.05) is 6.61 Å². The average Bonchev–Trinajstić information content (AvgIpc) is 2.34. The first-order valence-electron chi connectivity index (χ1n) is 6.22. The van der Waals surface area contributed by atoms with Gasteiger partial charge >= 0.3 is 0 Å². The topological polar surface area (TPSA) is 29.5 Å². The van der Waals surface area contributed by atoms with Gasteiger partial charge < -0.3 is 9.84 Å². The first kappa shape index (κ1) is 12.5. The Morgan fingerprint density at radius 1 is 1.47 bits per heavy atom. The zero-order valence-corrected chi connectivity index (χ0v) is 10.2. The summed E-state index contributed by atoms with van der Waals surface area (Å²) in [4.78, 5) is 0. The number of aliphatic hydroxyl groups excluding tert-OH is 1. The minimum Gasteiger partial charge on any atom is -0.388 e. The van der Waals surface area contributed by atoms with E-state index < -0.39 is 6.10 Å². The van der Waals surface area contributed by atoms with Gasteiger partial charge in [0.05, 0.1) is 12.2 Å². The molecule has 2 unspecified atom stereocenters. The Bertz CT molecular complexity index is 372. The van der Waals surface area contributed by atoms with Gasteiger partial charge in [-0.1, -0.05) is 12.1 Å². The number of halogens is 1. The van der Waals surface area contributed by atoms with Crippen molar-refractivity contribution in [1.29, 1.82) is 0 Å². The lowest BCUT2D eigenvalue weighted by Gasteiger charge is -2.25. The van der Waals surface area contributed by atoms with Crippen LogP contribution in [0.2, 0.25) is 0 Å². The van der Waals surface area contributed by atoms with E-state index >= 15 is 0 Å². The number of aliphatic hydroxyl groups is 1. The Balaban J connectivity index is 1.98. The summed E-state index contributed by atoms with van der Waals surface area (Å²) in [5.74, 6) is -0.227. The molecule has 0 saturated carbocycles. The van der Waals surface area contributed by atoms with Crippen LogP contribution in [-0.2, 0) is 4.74 Å². The van der Waals surface area contributed by atoms with E-state index in [1.807, 2.05) is 0 Å². The summed E-state index contributed by atoms with van der Waals surface area (Å²) < 4.78 is 18.7. The number of hydrogen-bond donors (Lipinski definition) is 1. The molecule has 0 aromatic heterocycles. The average molecular weight is 238 g/mol. The molecule has 1 heterocycles. The first-order valence-corrected chi connectivity index (χ1v) is 6.22. The molecular formula is C14H19FO2. The smallest absolute Gasteiger partial charge is 0.126 e. The predicted molar refractivity (Wildman–Crippen MR) is 64.3 cm³/mol. The minimum atomic E-state index is -0.558. The molecule has 94 valence electrons. The summed E-state index contributed by atoms with van der Waals surface area (Å²) in [7, 11) is 0. The quantitative estimate of drug-likeness (QED) is 0.876. The molecule has 2 nitrogen and oxygen atoms in total. The molecule has 1 aromatic carbocycles. The van der Waals surface area contributed by atoms with Gasteiger partial charge in [0, 0.05) is 13.0 Å². The first-order chi connectivity index (χ1) is 8.16. The zero-order valence-electron chi connectivity index (χ0n) is 10.2. The van der Waals surface area contributed by atoms with Crippen molar-refractivity contribution in [3.05, 3.63) is 35.1 Å². The van der Waals surface area contributed by atoms with E-state index in [4.69, 9.17) is 4.74 Å². The van der Waals surface area contributed by atoms with E-state index in [0.717, 1.165) is 25.0 Å². The van der Waals surface area contributed by atoms with Crippen molar-refractivity contribution in [2.24, 2.45) is 0 Å². The molecule has 1 N–H and O–H groups in total. The van der Waals surface area contributed by atoms with Crippen molar-refractivity contribution in [3.63, 3.8) is 0 Å². The number of aryl methyl sites for hydroxylation is 1. The number of hydrogen-bond acceptors (Lipinski definition) is 2. The third kappa shape index (κ3) is 3.27. The number of rotatable bonds is 3. The second kappa shape index (κ2) is 5.61. The lowest BCUT2D eigenvalue weighted by molar-refractivity contribution is -0.0155. The van der Waals surface area contributed by atoms with Gasteiger partial charge in [0.15, 0.2) is 0 Å². The van der Waals surface area contributed by atoms with Gasteiger partial charge in [0.2, 0.25) is 0 Å². The van der Waals surface area contributed by atoms with Crippen molar-refractivity contribution < 1.29 is 14.2 Å². The minimum absolute atomic E-state index is 0.143. The fraction of sp³-hybridized carbons (Fsp3) is 0.571. The molecule has 1 saturated heterocycles. The monoisotopic (exact) mass is 238 g/mol. The highest BCUT2D eigenvalue weighted by atomic mass is 19.1. The van der Waals surface area contributed by atoms with Gasteiger partial charge in [-0.25, -0.2) is 4.39 Å². The van der Waals surface area contributed by atoms with Gasteiger partial charge in [-0.2, -0.15) is 0 Å². The van der Waals surface area contributed by atoms with Crippen molar-refractivity contribution in [1.82, 2.24) is 0 Å². The lowest BCUT2D eigenvalue weighted by Crippen LogP contribution is -2.21. The van der Waals surface area contributed by atoms with E-state index in [9.17, 15) is 9.50 Å². The molecule has 0 spiro atoms. The normalized spacial score (nSPS) is 22.4. The van der Waals surface area contributed by atoms with E-state index in [1.54, 1.807) is 19.1 Å². The van der Waals surface area contributed by atoms with Crippen molar-refractivity contribution in [2.45, 2.75) is 44.8 Å². The fourth-order valence-corrected chi connectivity index (χ4v) is 2.25. The van der Waals surface area contributed by atoms with Gasteiger partial charge in [0.1, 0.15) is 5.82 Å². The van der Waals surface area contributed by atoms with Crippen LogP contribution >= 0.6 is 0 Å². The van der Waals surface area contributed by atoms with Crippen LogP contribution in [0.5, 0.6) is 0 Å². The fourth-order valence-electron chi connectivity index (χ4n) is 2.25. The van der Waals surface area contributed by atoms with Crippen molar-refractivity contribution in [3.8, 4) is 0 Å². The molecule has 1 aliphatic heterocycles. The Morgan fingerprint density at radius 3 is 2.94 bits per heavy atom. The highest BCUT2D eigenvalue weighted by Gasteiger charge is 2.19. The van der Waals surface area contributed by atoms with Gasteiger partial charge in [-0.15, -0.1) is 0 Å². The van der Waals surface area contributed by atoms with Crippen LogP contribution in [0.1, 0.15) is 42.9 Å². The molecule has 3 heteroatoms. The maximum Gasteiger partial charge on any atom is 0.126 e. The highest BCUT2D eigenvalue weighted by Crippen LogP contribution is 2.25. The van der Waals surface area contributed by atoms with Gasteiger partial charge in [-0.05, 0) is 43.4 Å². The number of ether oxygens (including phenoxy) is 1. The van der Waals surface area contributed by atoms with E-state index in [-0.39, 0.29) is 11.9 Å². The third-order valence-electron chi connectivity index (χ3n) is 3.33. The lowest BCUT2D eigenvalue weighted by atomic mass is 9.98. The SMILES string of the molecule is Cc1cc(C(O)CC2CCCCO2)ccc1F. The molecule has 0 amide bonds. The zero-order chi connectivity index (χ0) is 12.3. The Hall–Kier alpha value is -0.930. The van der Waals surface area contributed by atoms with E-state index in [0.29, 0.717) is 12.0 Å². The Morgan fingerprint density at radius 2 is 2.29 bits per heavy atom. The maximum absolute atomic E-state index is 13.1. The summed E-state index contributed by atoms with van der Waals surface area (Å²) in [6, 6.07) is 4.77. The molecule has 1 aliphatic rings. The molecule has 0 bridgehead atoms. The standard InChI is InChI=1S/C14H19FO2/c1-10-8-11(5-6-13(10)15)14(16)9-12-4-2-3-7-17-12/h5-6,8,12,14,16H,2-4,7,9H2,1H3. The largest absolute Gasteiger partial charge is 0.388 e. The number of benzene rings is 1. The van der Waals surface area contributed by atoms with Crippen LogP contribution in [0, 0.1) is 12.7 Å². The summed E-state index contributed by atoms with van der Waals surface area (Å²) >= 11 is 0. The summed E-state index contributed by atoms with van der Waals surface area (Å²) in [6.45, 7) is 2.50. The molecule has 17 heavy (non-hydrogen) atoms. The molecule has 2 rings (SSSR count). The van der Waals surface area contributed by atoms with Crippen LogP contribution in [0.3, 0.4) is 0 Å². The Labute approximate surface area is 101 Å². The summed E-state index contributed by atoms with van der Waals surface area (Å²) in [5, 5.41) is 10.1. The van der Waals surface area contributed by atoms with E-state index in [2.05, 4.69) is 0 Å². The predicted octanol–water partition coefficient (Wildman–Crippen LogP) is 3.13. The molecule has 1 aromatic rings. The second-order valence-electron chi connectivity index (χ2n) is 4.75. The summed E-state index contributed by atoms with van der Waals surface area (Å²) in [5.41, 5.74) is 1.35. The van der Waals surface area contributed by atoms with Gasteiger partial charge in [-0.3, -0.25) is 0 Å². The molecule has 2 atom stereocenters. The van der Waals surface area contributed by atoms with Gasteiger partial charge in [0.25, 0.3) is 0 Å². The molecule has 0 radical (unpaired) electrons. The summed E-state index contributed by atoms with van der Waals surface area (Å²) in [6.07, 6.45) is 3.48. The molecule has 0 aliphatic carbocycles. The molecular weight excluding hydrogens is 219 g/mol. The Kier molecular flexibility index (Phi) is 4.13. The maximum atomic E-state index is 13.1. The van der Waals surface area contributed by atoms with Crippen LogP contribution in [-0.4, -0.2) is 17.8 Å². The third-order valence-corrected chi connectivity index (χ3v) is 3.33. The van der Waals surface area contributed by atoms with Crippen LogP contribution in [0.25, 0.3) is 0 Å². The van der Waals surface area contributed by atoms with Crippen molar-refractivity contribution >= 4 is 0 Å². The molecule has 1 fully saturated rings. The van der Waals surface area contributed by atoms with Crippen LogP contribution in [0.4, 0.5) is 4.39 Å². The van der Waals surface area contributed by atoms with Crippen LogP contribution in [0.15, 0.2) is 18.2 Å². The second-order valence-corrected chi connectivity index (χ2v) is 4.75.